The molecule has 4 heteroatoms. The smallest absolute Gasteiger partial charge is 0.139 e. The zero-order valence-corrected chi connectivity index (χ0v) is 4.65. The van der Waals surface area contributed by atoms with Crippen molar-refractivity contribution in [3.05, 3.63) is 12.7 Å². The minimum Gasteiger partial charge on any atom is -0.221 e. The molecule has 1 heterocycles. The first kappa shape index (κ1) is 5.08. The maximum Gasteiger partial charge on any atom is 0.139 e. The lowest BCUT2D eigenvalue weighted by Crippen LogP contribution is -2.12. The van der Waals surface area contributed by atoms with Gasteiger partial charge in [0.2, 0.25) is 0 Å². The molecule has 1 aromatic heterocycles. The molecule has 0 spiro atoms. The number of aromatic nitrogens is 3. The van der Waals surface area contributed by atoms with Crippen molar-refractivity contribution < 1.29 is 0 Å². The van der Waals surface area contributed by atoms with Crippen LogP contribution in [-0.4, -0.2) is 21.4 Å². The van der Waals surface area contributed by atoms with E-state index >= 15 is 0 Å². The maximum atomic E-state index is 3.91. The van der Waals surface area contributed by atoms with E-state index in [0.29, 0.717) is 0 Å². The second-order valence-corrected chi connectivity index (χ2v) is 1.27. The normalized spacial score (nSPS) is 9.12. The molecule has 43 valence electrons. The zero-order valence-electron chi connectivity index (χ0n) is 4.65. The molecule has 0 unspecified atom stereocenters. The molecule has 0 amide bonds. The van der Waals surface area contributed by atoms with Crippen LogP contribution in [0, 0.1) is 0 Å². The van der Waals surface area contributed by atoms with Gasteiger partial charge in [-0.2, -0.15) is 5.43 Å². The monoisotopic (exact) mass is 111 g/mol. The summed E-state index contributed by atoms with van der Waals surface area (Å²) in [6.07, 6.45) is 3.02. The summed E-state index contributed by atoms with van der Waals surface area (Å²) < 4.78 is 0. The standard InChI is InChI=1S/C4H7N4/c1-2-6-8-4-5-3-7-8/h3-4H,2H2,1H3. The summed E-state index contributed by atoms with van der Waals surface area (Å²) in [5.74, 6) is 0. The molecular weight excluding hydrogens is 104 g/mol. The van der Waals surface area contributed by atoms with Crippen LogP contribution in [0.2, 0.25) is 0 Å². The fourth-order valence-electron chi connectivity index (χ4n) is 0.420. The summed E-state index contributed by atoms with van der Waals surface area (Å²) in [6, 6.07) is 0. The Bertz CT molecular complexity index is 134. The fraction of sp³-hybridized carbons (Fsp3) is 0.500. The summed E-state index contributed by atoms with van der Waals surface area (Å²) >= 11 is 0. The van der Waals surface area contributed by atoms with Crippen LogP contribution >= 0.6 is 0 Å². The van der Waals surface area contributed by atoms with Crippen molar-refractivity contribution in [3.8, 4) is 0 Å². The molecule has 0 saturated heterocycles. The van der Waals surface area contributed by atoms with Gasteiger partial charge in [-0.15, -0.1) is 9.89 Å². The molecule has 0 atom stereocenters. The van der Waals surface area contributed by atoms with Gasteiger partial charge in [-0.05, 0) is 6.92 Å². The Morgan fingerprint density at radius 1 is 1.75 bits per heavy atom. The Kier molecular flexibility index (Phi) is 1.46. The fourth-order valence-corrected chi connectivity index (χ4v) is 0.420. The maximum absolute atomic E-state index is 3.91. The van der Waals surface area contributed by atoms with Gasteiger partial charge in [-0.3, -0.25) is 0 Å². The van der Waals surface area contributed by atoms with Gasteiger partial charge in [-0.1, -0.05) is 0 Å². The van der Waals surface area contributed by atoms with Gasteiger partial charge in [-0.25, -0.2) is 4.98 Å². The molecule has 0 fully saturated rings. The lowest BCUT2D eigenvalue weighted by molar-refractivity contribution is 0.525. The van der Waals surface area contributed by atoms with E-state index in [4.69, 9.17) is 0 Å². The first-order valence-electron chi connectivity index (χ1n) is 2.46. The van der Waals surface area contributed by atoms with Crippen LogP contribution in [0.25, 0.3) is 0 Å². The van der Waals surface area contributed by atoms with E-state index in [1.165, 1.54) is 11.1 Å². The summed E-state index contributed by atoms with van der Waals surface area (Å²) in [5.41, 5.74) is 3.91. The Labute approximate surface area is 47.5 Å². The van der Waals surface area contributed by atoms with Crippen LogP contribution in [0.5, 0.6) is 0 Å². The Balaban J connectivity index is 2.50. The number of nitrogens with zero attached hydrogens (tertiary/aromatic N) is 4. The average Bonchev–Trinajstić information content (AvgIpc) is 2.19. The van der Waals surface area contributed by atoms with Gasteiger partial charge < -0.3 is 0 Å². The highest BCUT2D eigenvalue weighted by Crippen LogP contribution is 1.69. The number of rotatable bonds is 2. The SMILES string of the molecule is CC[N]n1cncn1. The molecule has 8 heavy (non-hydrogen) atoms. The predicted octanol–water partition coefficient (Wildman–Crippen LogP) is -0.335. The largest absolute Gasteiger partial charge is 0.221 e. The quantitative estimate of drug-likeness (QED) is 0.524. The highest BCUT2D eigenvalue weighted by molar-refractivity contribution is 4.52. The van der Waals surface area contributed by atoms with Crippen LogP contribution in [-0.2, 0) is 0 Å². The van der Waals surface area contributed by atoms with Crippen molar-refractivity contribution in [3.63, 3.8) is 0 Å². The van der Waals surface area contributed by atoms with Crippen molar-refractivity contribution in [2.75, 3.05) is 6.54 Å². The first-order valence-corrected chi connectivity index (χ1v) is 2.46. The molecular formula is C4H7N4. The molecule has 0 N–H and O–H groups in total. The third-order valence-corrected chi connectivity index (χ3v) is 0.693. The second kappa shape index (κ2) is 2.30. The molecule has 0 aliphatic carbocycles. The Morgan fingerprint density at radius 3 is 3.12 bits per heavy atom. The molecule has 1 radical (unpaired) electrons. The van der Waals surface area contributed by atoms with E-state index in [1.54, 1.807) is 6.33 Å². The number of hydrogen-bond donors (Lipinski definition) is 0. The van der Waals surface area contributed by atoms with Gasteiger partial charge in [0.25, 0.3) is 0 Å². The lowest BCUT2D eigenvalue weighted by atomic mass is 10.8. The van der Waals surface area contributed by atoms with Gasteiger partial charge >= 0.3 is 0 Å². The van der Waals surface area contributed by atoms with Crippen LogP contribution < -0.4 is 5.43 Å². The molecule has 1 aromatic rings. The molecule has 0 aromatic carbocycles. The zero-order chi connectivity index (χ0) is 5.82. The van der Waals surface area contributed by atoms with E-state index in [1.807, 2.05) is 6.92 Å². The van der Waals surface area contributed by atoms with Gasteiger partial charge in [0.05, 0.1) is 6.54 Å². The minimum atomic E-state index is 0.739. The van der Waals surface area contributed by atoms with Crippen molar-refractivity contribution >= 4 is 0 Å². The third kappa shape index (κ3) is 0.959. The Morgan fingerprint density at radius 2 is 2.62 bits per heavy atom. The van der Waals surface area contributed by atoms with Gasteiger partial charge in [0.1, 0.15) is 12.7 Å². The van der Waals surface area contributed by atoms with Crippen LogP contribution in [0.3, 0.4) is 0 Å². The molecule has 0 saturated carbocycles. The minimum absolute atomic E-state index is 0.739. The molecule has 1 rings (SSSR count). The van der Waals surface area contributed by atoms with Crippen molar-refractivity contribution in [1.82, 2.24) is 20.3 Å². The Hall–Kier alpha value is -1.06. The van der Waals surface area contributed by atoms with Crippen molar-refractivity contribution in [2.45, 2.75) is 6.92 Å². The van der Waals surface area contributed by atoms with Crippen LogP contribution in [0.1, 0.15) is 6.92 Å². The summed E-state index contributed by atoms with van der Waals surface area (Å²) in [5, 5.41) is 3.74. The number of hydrogen-bond acceptors (Lipinski definition) is 2. The highest BCUT2D eigenvalue weighted by atomic mass is 15.6. The van der Waals surface area contributed by atoms with E-state index < -0.39 is 0 Å². The summed E-state index contributed by atoms with van der Waals surface area (Å²) in [6.45, 7) is 2.69. The summed E-state index contributed by atoms with van der Waals surface area (Å²) in [7, 11) is 0. The first-order chi connectivity index (χ1) is 3.93. The molecule has 4 nitrogen and oxygen atoms in total. The van der Waals surface area contributed by atoms with Crippen molar-refractivity contribution in [1.29, 1.82) is 0 Å². The van der Waals surface area contributed by atoms with Crippen molar-refractivity contribution in [2.24, 2.45) is 0 Å². The third-order valence-electron chi connectivity index (χ3n) is 0.693. The van der Waals surface area contributed by atoms with E-state index in [2.05, 4.69) is 15.5 Å². The van der Waals surface area contributed by atoms with Crippen LogP contribution in [0.4, 0.5) is 0 Å². The van der Waals surface area contributed by atoms with E-state index in [-0.39, 0.29) is 0 Å². The highest BCUT2D eigenvalue weighted by Gasteiger charge is 1.83. The molecule has 0 aliphatic heterocycles. The molecule has 0 aliphatic rings. The van der Waals surface area contributed by atoms with Gasteiger partial charge in [0.15, 0.2) is 0 Å². The van der Waals surface area contributed by atoms with E-state index in [9.17, 15) is 0 Å². The molecule has 0 bridgehead atoms. The van der Waals surface area contributed by atoms with Crippen LogP contribution in [0.15, 0.2) is 12.7 Å². The second-order valence-electron chi connectivity index (χ2n) is 1.27. The van der Waals surface area contributed by atoms with E-state index in [0.717, 1.165) is 6.54 Å². The predicted molar refractivity (Wildman–Crippen MR) is 28.1 cm³/mol. The lowest BCUT2D eigenvalue weighted by Gasteiger charge is -1.91. The van der Waals surface area contributed by atoms with Gasteiger partial charge in [0, 0.05) is 0 Å². The topological polar surface area (TPSA) is 44.8 Å². The average molecular weight is 111 g/mol. The summed E-state index contributed by atoms with van der Waals surface area (Å²) in [4.78, 5) is 5.14.